The average Bonchev–Trinajstić information content (AvgIpc) is 3.23. The molecule has 2 aromatic heterocycles. The maximum atomic E-state index is 12.7. The molecule has 0 aliphatic carbocycles. The Morgan fingerprint density at radius 3 is 2.55 bits per heavy atom. The Balaban J connectivity index is 1.56. The number of aromatic nitrogens is 1. The predicted octanol–water partition coefficient (Wildman–Crippen LogP) is 4.82. The molecule has 4 aromatic rings. The highest BCUT2D eigenvalue weighted by Crippen LogP contribution is 2.27. The zero-order valence-electron chi connectivity index (χ0n) is 16.2. The van der Waals surface area contributed by atoms with E-state index in [1.165, 1.54) is 5.56 Å². The second-order valence-corrected chi connectivity index (χ2v) is 6.71. The predicted molar refractivity (Wildman–Crippen MR) is 113 cm³/mol. The number of aryl methyl sites for hydroxylation is 1. The molecule has 0 saturated heterocycles. The molecule has 4 rings (SSSR count). The summed E-state index contributed by atoms with van der Waals surface area (Å²) in [5, 5.41) is 6.97. The van der Waals surface area contributed by atoms with Gasteiger partial charge in [-0.3, -0.25) is 4.79 Å². The standard InChI is InChI=1S/C23H21N3O3/c1-15-3-5-16(6-4-15)14-24-23(27)20-13-21-19(11-12-29-21)22(26-20)25-17-7-9-18(28-2)10-8-17/h3-13H,14H2,1-2H3,(H,24,27)(H,25,26). The van der Waals surface area contributed by atoms with Crippen LogP contribution in [0.25, 0.3) is 11.0 Å². The Morgan fingerprint density at radius 2 is 1.83 bits per heavy atom. The number of methoxy groups -OCH3 is 1. The summed E-state index contributed by atoms with van der Waals surface area (Å²) in [4.78, 5) is 17.2. The topological polar surface area (TPSA) is 76.4 Å². The molecular formula is C23H21N3O3. The molecule has 6 nitrogen and oxygen atoms in total. The van der Waals surface area contributed by atoms with Crippen LogP contribution in [-0.4, -0.2) is 18.0 Å². The van der Waals surface area contributed by atoms with Crippen LogP contribution in [0.3, 0.4) is 0 Å². The minimum atomic E-state index is -0.262. The summed E-state index contributed by atoms with van der Waals surface area (Å²) in [6.07, 6.45) is 1.58. The number of rotatable bonds is 6. The van der Waals surface area contributed by atoms with Gasteiger partial charge in [-0.1, -0.05) is 29.8 Å². The van der Waals surface area contributed by atoms with Crippen molar-refractivity contribution in [1.29, 1.82) is 0 Å². The first kappa shape index (κ1) is 18.6. The van der Waals surface area contributed by atoms with Crippen LogP contribution >= 0.6 is 0 Å². The van der Waals surface area contributed by atoms with Gasteiger partial charge < -0.3 is 19.8 Å². The smallest absolute Gasteiger partial charge is 0.270 e. The van der Waals surface area contributed by atoms with Gasteiger partial charge in [0.05, 0.1) is 18.8 Å². The van der Waals surface area contributed by atoms with Crippen LogP contribution in [0, 0.1) is 6.92 Å². The van der Waals surface area contributed by atoms with Crippen molar-refractivity contribution >= 4 is 28.4 Å². The molecule has 0 fully saturated rings. The molecule has 6 heteroatoms. The largest absolute Gasteiger partial charge is 0.497 e. The van der Waals surface area contributed by atoms with Gasteiger partial charge in [0.2, 0.25) is 0 Å². The first-order valence-corrected chi connectivity index (χ1v) is 9.25. The normalized spacial score (nSPS) is 10.7. The zero-order valence-corrected chi connectivity index (χ0v) is 16.2. The molecule has 0 radical (unpaired) electrons. The molecule has 2 N–H and O–H groups in total. The highest BCUT2D eigenvalue weighted by Gasteiger charge is 2.14. The van der Waals surface area contributed by atoms with Crippen molar-refractivity contribution in [2.45, 2.75) is 13.5 Å². The van der Waals surface area contributed by atoms with E-state index in [0.29, 0.717) is 17.9 Å². The third-order valence-corrected chi connectivity index (χ3v) is 4.61. The molecule has 0 spiro atoms. The maximum absolute atomic E-state index is 12.7. The van der Waals surface area contributed by atoms with Crippen LogP contribution in [0.2, 0.25) is 0 Å². The lowest BCUT2D eigenvalue weighted by atomic mass is 10.1. The average molecular weight is 387 g/mol. The number of benzene rings is 2. The van der Waals surface area contributed by atoms with E-state index in [4.69, 9.17) is 9.15 Å². The second kappa shape index (κ2) is 8.06. The number of ether oxygens (including phenoxy) is 1. The Bertz CT molecular complexity index is 1130. The molecule has 29 heavy (non-hydrogen) atoms. The van der Waals surface area contributed by atoms with Crippen molar-refractivity contribution in [3.05, 3.63) is 83.7 Å². The fourth-order valence-corrected chi connectivity index (χ4v) is 2.97. The number of carbonyl (C=O) groups is 1. The number of fused-ring (bicyclic) bond motifs is 1. The van der Waals surface area contributed by atoms with Gasteiger partial charge in [0.25, 0.3) is 5.91 Å². The third-order valence-electron chi connectivity index (χ3n) is 4.61. The fourth-order valence-electron chi connectivity index (χ4n) is 2.97. The Morgan fingerprint density at radius 1 is 1.07 bits per heavy atom. The summed E-state index contributed by atoms with van der Waals surface area (Å²) in [5.74, 6) is 1.06. The maximum Gasteiger partial charge on any atom is 0.270 e. The molecule has 1 amide bonds. The van der Waals surface area contributed by atoms with Crippen molar-refractivity contribution in [2.24, 2.45) is 0 Å². The summed E-state index contributed by atoms with van der Waals surface area (Å²) in [5.41, 5.74) is 3.92. The number of nitrogens with zero attached hydrogens (tertiary/aromatic N) is 1. The van der Waals surface area contributed by atoms with Gasteiger partial charge >= 0.3 is 0 Å². The Kier molecular flexibility index (Phi) is 5.16. The van der Waals surface area contributed by atoms with E-state index in [1.54, 1.807) is 19.4 Å². The first-order valence-electron chi connectivity index (χ1n) is 9.25. The third kappa shape index (κ3) is 4.21. The van der Waals surface area contributed by atoms with Crippen molar-refractivity contribution in [1.82, 2.24) is 10.3 Å². The highest BCUT2D eigenvalue weighted by atomic mass is 16.5. The summed E-state index contributed by atoms with van der Waals surface area (Å²) in [7, 11) is 1.62. The van der Waals surface area contributed by atoms with Gasteiger partial charge in [0.1, 0.15) is 22.8 Å². The highest BCUT2D eigenvalue weighted by molar-refractivity contribution is 5.99. The second-order valence-electron chi connectivity index (χ2n) is 6.71. The molecule has 0 bridgehead atoms. The zero-order chi connectivity index (χ0) is 20.2. The molecule has 0 unspecified atom stereocenters. The molecule has 0 saturated carbocycles. The van der Waals surface area contributed by atoms with Crippen molar-refractivity contribution in [2.75, 3.05) is 12.4 Å². The van der Waals surface area contributed by atoms with E-state index in [0.717, 1.165) is 22.4 Å². The van der Waals surface area contributed by atoms with Crippen LogP contribution in [-0.2, 0) is 6.54 Å². The number of furan rings is 1. The lowest BCUT2D eigenvalue weighted by molar-refractivity contribution is 0.0946. The van der Waals surface area contributed by atoms with Crippen LogP contribution in [0.5, 0.6) is 5.75 Å². The fraction of sp³-hybridized carbons (Fsp3) is 0.130. The van der Waals surface area contributed by atoms with E-state index in [-0.39, 0.29) is 11.6 Å². The van der Waals surface area contributed by atoms with Gasteiger partial charge in [-0.25, -0.2) is 4.98 Å². The van der Waals surface area contributed by atoms with E-state index in [2.05, 4.69) is 15.6 Å². The molecular weight excluding hydrogens is 366 g/mol. The SMILES string of the molecule is COc1ccc(Nc2nc(C(=O)NCc3ccc(C)cc3)cc3occc23)cc1. The van der Waals surface area contributed by atoms with Crippen LogP contribution in [0.4, 0.5) is 11.5 Å². The summed E-state index contributed by atoms with van der Waals surface area (Å²) in [6, 6.07) is 19.0. The molecule has 2 heterocycles. The van der Waals surface area contributed by atoms with Gasteiger partial charge in [0, 0.05) is 18.3 Å². The van der Waals surface area contributed by atoms with Crippen LogP contribution in [0.1, 0.15) is 21.6 Å². The lowest BCUT2D eigenvalue weighted by Crippen LogP contribution is -2.24. The van der Waals surface area contributed by atoms with Crippen molar-refractivity contribution < 1.29 is 13.9 Å². The lowest BCUT2D eigenvalue weighted by Gasteiger charge is -2.10. The number of amides is 1. The van der Waals surface area contributed by atoms with Crippen molar-refractivity contribution in [3.8, 4) is 5.75 Å². The van der Waals surface area contributed by atoms with E-state index in [9.17, 15) is 4.79 Å². The van der Waals surface area contributed by atoms with Crippen LogP contribution in [0.15, 0.2) is 71.3 Å². The van der Waals surface area contributed by atoms with Gasteiger partial charge in [-0.2, -0.15) is 0 Å². The Labute approximate surface area is 168 Å². The molecule has 146 valence electrons. The summed E-state index contributed by atoms with van der Waals surface area (Å²) < 4.78 is 10.7. The van der Waals surface area contributed by atoms with Crippen LogP contribution < -0.4 is 15.4 Å². The van der Waals surface area contributed by atoms with Gasteiger partial charge in [-0.15, -0.1) is 0 Å². The number of nitrogens with one attached hydrogen (secondary N) is 2. The van der Waals surface area contributed by atoms with Gasteiger partial charge in [-0.05, 0) is 42.8 Å². The van der Waals surface area contributed by atoms with E-state index < -0.39 is 0 Å². The van der Waals surface area contributed by atoms with E-state index >= 15 is 0 Å². The molecule has 2 aromatic carbocycles. The number of pyridine rings is 1. The minimum absolute atomic E-state index is 0.262. The van der Waals surface area contributed by atoms with Gasteiger partial charge in [0.15, 0.2) is 0 Å². The summed E-state index contributed by atoms with van der Waals surface area (Å²) >= 11 is 0. The minimum Gasteiger partial charge on any atom is -0.497 e. The quantitative estimate of drug-likeness (QED) is 0.496. The number of carbonyl (C=O) groups excluding carboxylic acids is 1. The number of anilines is 2. The molecule has 0 aliphatic rings. The monoisotopic (exact) mass is 387 g/mol. The van der Waals surface area contributed by atoms with Crippen molar-refractivity contribution in [3.63, 3.8) is 0 Å². The molecule has 0 aliphatic heterocycles. The molecule has 0 atom stereocenters. The first-order chi connectivity index (χ1) is 14.1. The number of hydrogen-bond acceptors (Lipinski definition) is 5. The summed E-state index contributed by atoms with van der Waals surface area (Å²) in [6.45, 7) is 2.46. The van der Waals surface area contributed by atoms with E-state index in [1.807, 2.05) is 61.5 Å². The Hall–Kier alpha value is -3.80. The number of hydrogen-bond donors (Lipinski definition) is 2.